The first-order valence-electron chi connectivity index (χ1n) is 6.06. The SMILES string of the molecule is CC1CCCN(c2cnn(C)c(=O)c2Cl)CC1. The number of nitrogens with zero attached hydrogens (tertiary/aromatic N) is 3. The van der Waals surface area contributed by atoms with Crippen molar-refractivity contribution >= 4 is 17.3 Å². The summed E-state index contributed by atoms with van der Waals surface area (Å²) in [4.78, 5) is 13.9. The number of aromatic nitrogens is 2. The van der Waals surface area contributed by atoms with Crippen molar-refractivity contribution in [1.82, 2.24) is 9.78 Å². The third kappa shape index (κ3) is 2.63. The van der Waals surface area contributed by atoms with Crippen LogP contribution in [0.2, 0.25) is 5.02 Å². The second-order valence-electron chi connectivity index (χ2n) is 4.80. The first kappa shape index (κ1) is 12.4. The lowest BCUT2D eigenvalue weighted by atomic mass is 10.0. The van der Waals surface area contributed by atoms with Crippen LogP contribution in [0.25, 0.3) is 0 Å². The van der Waals surface area contributed by atoms with Gasteiger partial charge in [-0.15, -0.1) is 0 Å². The fraction of sp³-hybridized carbons (Fsp3) is 0.667. The summed E-state index contributed by atoms with van der Waals surface area (Å²) >= 11 is 6.11. The molecule has 0 N–H and O–H groups in total. The highest BCUT2D eigenvalue weighted by Crippen LogP contribution is 2.25. The molecule has 4 nitrogen and oxygen atoms in total. The molecule has 0 amide bonds. The quantitative estimate of drug-likeness (QED) is 0.771. The highest BCUT2D eigenvalue weighted by atomic mass is 35.5. The molecule has 0 saturated carbocycles. The fourth-order valence-corrected chi connectivity index (χ4v) is 2.52. The number of halogens is 1. The fourth-order valence-electron chi connectivity index (χ4n) is 2.23. The predicted molar refractivity (Wildman–Crippen MR) is 69.7 cm³/mol. The van der Waals surface area contributed by atoms with Crippen molar-refractivity contribution in [2.45, 2.75) is 26.2 Å². The van der Waals surface area contributed by atoms with Crippen LogP contribution in [0.4, 0.5) is 5.69 Å². The highest BCUT2D eigenvalue weighted by molar-refractivity contribution is 6.33. The largest absolute Gasteiger partial charge is 0.369 e. The van der Waals surface area contributed by atoms with Crippen molar-refractivity contribution in [3.63, 3.8) is 0 Å². The van der Waals surface area contributed by atoms with Crippen LogP contribution >= 0.6 is 11.6 Å². The lowest BCUT2D eigenvalue weighted by molar-refractivity contribution is 0.521. The van der Waals surface area contributed by atoms with E-state index in [1.165, 1.54) is 11.1 Å². The molecule has 0 spiro atoms. The van der Waals surface area contributed by atoms with E-state index in [0.717, 1.165) is 37.5 Å². The van der Waals surface area contributed by atoms with Crippen LogP contribution in [0.3, 0.4) is 0 Å². The van der Waals surface area contributed by atoms with Gasteiger partial charge in [-0.3, -0.25) is 4.79 Å². The van der Waals surface area contributed by atoms with Gasteiger partial charge < -0.3 is 4.90 Å². The zero-order chi connectivity index (χ0) is 12.4. The number of aryl methyl sites for hydroxylation is 1. The summed E-state index contributed by atoms with van der Waals surface area (Å²) in [7, 11) is 1.61. The molecule has 17 heavy (non-hydrogen) atoms. The maximum atomic E-state index is 11.7. The normalized spacial score (nSPS) is 21.4. The van der Waals surface area contributed by atoms with Crippen molar-refractivity contribution in [2.75, 3.05) is 18.0 Å². The second kappa shape index (κ2) is 5.08. The summed E-state index contributed by atoms with van der Waals surface area (Å²) in [5, 5.41) is 4.33. The van der Waals surface area contributed by atoms with Gasteiger partial charge in [-0.25, -0.2) is 4.68 Å². The summed E-state index contributed by atoms with van der Waals surface area (Å²) in [6.45, 7) is 4.18. The van der Waals surface area contributed by atoms with Gasteiger partial charge in [-0.2, -0.15) is 5.10 Å². The van der Waals surface area contributed by atoms with Crippen LogP contribution in [0.5, 0.6) is 0 Å². The Kier molecular flexibility index (Phi) is 3.72. The molecular weight excluding hydrogens is 238 g/mol. The molecule has 2 rings (SSSR count). The molecule has 94 valence electrons. The Hall–Kier alpha value is -1.03. The van der Waals surface area contributed by atoms with Crippen LogP contribution < -0.4 is 10.5 Å². The molecule has 0 radical (unpaired) electrons. The Morgan fingerprint density at radius 1 is 1.41 bits per heavy atom. The molecule has 5 heteroatoms. The van der Waals surface area contributed by atoms with Crippen LogP contribution in [-0.4, -0.2) is 22.9 Å². The number of hydrogen-bond acceptors (Lipinski definition) is 3. The zero-order valence-electron chi connectivity index (χ0n) is 10.3. The van der Waals surface area contributed by atoms with Crippen LogP contribution in [0.1, 0.15) is 26.2 Å². The molecule has 1 atom stereocenters. The van der Waals surface area contributed by atoms with Crippen molar-refractivity contribution < 1.29 is 0 Å². The highest BCUT2D eigenvalue weighted by Gasteiger charge is 2.18. The first-order valence-corrected chi connectivity index (χ1v) is 6.44. The van der Waals surface area contributed by atoms with E-state index < -0.39 is 0 Å². The summed E-state index contributed by atoms with van der Waals surface area (Å²) < 4.78 is 1.27. The van der Waals surface area contributed by atoms with Crippen molar-refractivity contribution in [1.29, 1.82) is 0 Å². The third-order valence-corrected chi connectivity index (χ3v) is 3.77. The maximum absolute atomic E-state index is 11.7. The average molecular weight is 256 g/mol. The van der Waals surface area contributed by atoms with Crippen LogP contribution in [0.15, 0.2) is 11.0 Å². The minimum atomic E-state index is -0.221. The Labute approximate surface area is 106 Å². The summed E-state index contributed by atoms with van der Waals surface area (Å²) in [6.07, 6.45) is 5.23. The molecule has 1 aromatic heterocycles. The van der Waals surface area contributed by atoms with E-state index in [1.807, 2.05) is 0 Å². The van der Waals surface area contributed by atoms with Gasteiger partial charge in [-0.1, -0.05) is 18.5 Å². The summed E-state index contributed by atoms with van der Waals surface area (Å²) in [6, 6.07) is 0. The molecule has 0 aromatic carbocycles. The first-order chi connectivity index (χ1) is 8.09. The molecule has 0 aliphatic carbocycles. The monoisotopic (exact) mass is 255 g/mol. The smallest absolute Gasteiger partial charge is 0.287 e. The summed E-state index contributed by atoms with van der Waals surface area (Å²) in [5.74, 6) is 0.748. The van der Waals surface area contributed by atoms with Gasteiger partial charge in [-0.05, 0) is 25.2 Å². The molecular formula is C12H18ClN3O. The topological polar surface area (TPSA) is 38.1 Å². The van der Waals surface area contributed by atoms with E-state index in [-0.39, 0.29) is 10.6 Å². The Balaban J connectivity index is 2.28. The maximum Gasteiger partial charge on any atom is 0.287 e. The summed E-state index contributed by atoms with van der Waals surface area (Å²) in [5.41, 5.74) is 0.560. The third-order valence-electron chi connectivity index (χ3n) is 3.42. The number of rotatable bonds is 1. The lowest BCUT2D eigenvalue weighted by Gasteiger charge is -2.23. The van der Waals surface area contributed by atoms with E-state index in [2.05, 4.69) is 16.9 Å². The Morgan fingerprint density at radius 2 is 2.18 bits per heavy atom. The standard InChI is InChI=1S/C12H18ClN3O/c1-9-4-3-6-16(7-5-9)10-8-14-15(2)12(17)11(10)13/h8-9H,3-7H2,1-2H3. The van der Waals surface area contributed by atoms with Gasteiger partial charge in [0.2, 0.25) is 0 Å². The average Bonchev–Trinajstić information content (AvgIpc) is 2.52. The van der Waals surface area contributed by atoms with E-state index in [0.29, 0.717) is 0 Å². The molecule has 1 aliphatic heterocycles. The van der Waals surface area contributed by atoms with E-state index in [1.54, 1.807) is 13.2 Å². The predicted octanol–water partition coefficient (Wildman–Crippen LogP) is 2.06. The van der Waals surface area contributed by atoms with Gasteiger partial charge >= 0.3 is 0 Å². The number of anilines is 1. The minimum Gasteiger partial charge on any atom is -0.369 e. The van der Waals surface area contributed by atoms with Crippen molar-refractivity contribution in [3.8, 4) is 0 Å². The van der Waals surface area contributed by atoms with E-state index in [9.17, 15) is 4.79 Å². The molecule has 0 bridgehead atoms. The molecule has 2 heterocycles. The van der Waals surface area contributed by atoms with Gasteiger partial charge in [0.25, 0.3) is 5.56 Å². The molecule has 1 aliphatic rings. The van der Waals surface area contributed by atoms with Crippen molar-refractivity contribution in [2.24, 2.45) is 13.0 Å². The molecule has 1 saturated heterocycles. The number of hydrogen-bond donors (Lipinski definition) is 0. The second-order valence-corrected chi connectivity index (χ2v) is 5.17. The van der Waals surface area contributed by atoms with Crippen molar-refractivity contribution in [3.05, 3.63) is 21.6 Å². The Morgan fingerprint density at radius 3 is 2.94 bits per heavy atom. The lowest BCUT2D eigenvalue weighted by Crippen LogP contribution is -2.29. The van der Waals surface area contributed by atoms with E-state index >= 15 is 0 Å². The molecule has 1 fully saturated rings. The molecule has 1 aromatic rings. The van der Waals surface area contributed by atoms with Gasteiger partial charge in [0, 0.05) is 20.1 Å². The van der Waals surface area contributed by atoms with Crippen LogP contribution in [0, 0.1) is 5.92 Å². The van der Waals surface area contributed by atoms with Gasteiger partial charge in [0.05, 0.1) is 11.9 Å². The van der Waals surface area contributed by atoms with Gasteiger partial charge in [0.15, 0.2) is 0 Å². The van der Waals surface area contributed by atoms with Crippen LogP contribution in [-0.2, 0) is 7.05 Å². The zero-order valence-corrected chi connectivity index (χ0v) is 11.1. The van der Waals surface area contributed by atoms with Gasteiger partial charge in [0.1, 0.15) is 5.02 Å². The minimum absolute atomic E-state index is 0.221. The Bertz CT molecular complexity index is 458. The van der Waals surface area contributed by atoms with E-state index in [4.69, 9.17) is 11.6 Å². The molecule has 1 unspecified atom stereocenters.